The number of nitrogens with zero attached hydrogens (tertiary/aromatic N) is 1. The highest BCUT2D eigenvalue weighted by Gasteiger charge is 2.26. The van der Waals surface area contributed by atoms with Crippen LogP contribution >= 0.6 is 0 Å². The van der Waals surface area contributed by atoms with Gasteiger partial charge >= 0.3 is 0 Å². The fourth-order valence-electron chi connectivity index (χ4n) is 2.77. The normalized spacial score (nSPS) is 15.4. The second-order valence-corrected chi connectivity index (χ2v) is 7.97. The zero-order valence-electron chi connectivity index (χ0n) is 14.3. The molecule has 1 aromatic carbocycles. The molecule has 0 unspecified atom stereocenters. The highest BCUT2D eigenvalue weighted by atomic mass is 32.2. The SMILES string of the molecule is C=C(NNC(=O)c1cccc(S(=O)(=O)N2CCCCC2)c1)c1ccco1. The Balaban J connectivity index is 1.70. The number of piperidine rings is 1. The van der Waals surface area contributed by atoms with Gasteiger partial charge in [-0.15, -0.1) is 0 Å². The molecule has 2 aromatic rings. The molecule has 1 saturated heterocycles. The zero-order chi connectivity index (χ0) is 18.6. The van der Waals surface area contributed by atoms with Gasteiger partial charge in [0.1, 0.15) is 0 Å². The van der Waals surface area contributed by atoms with Crippen molar-refractivity contribution >= 4 is 21.6 Å². The van der Waals surface area contributed by atoms with E-state index >= 15 is 0 Å². The molecule has 138 valence electrons. The monoisotopic (exact) mass is 375 g/mol. The first-order valence-corrected chi connectivity index (χ1v) is 9.82. The lowest BCUT2D eigenvalue weighted by Gasteiger charge is -2.26. The van der Waals surface area contributed by atoms with E-state index in [-0.39, 0.29) is 10.5 Å². The lowest BCUT2D eigenvalue weighted by atomic mass is 10.2. The number of sulfonamides is 1. The Kier molecular flexibility index (Phi) is 5.43. The van der Waals surface area contributed by atoms with Gasteiger partial charge < -0.3 is 4.42 Å². The van der Waals surface area contributed by atoms with Crippen molar-refractivity contribution in [1.29, 1.82) is 0 Å². The first kappa shape index (κ1) is 18.2. The van der Waals surface area contributed by atoms with Crippen LogP contribution in [0.25, 0.3) is 5.70 Å². The molecule has 1 amide bonds. The van der Waals surface area contributed by atoms with Gasteiger partial charge in [0, 0.05) is 18.7 Å². The Labute approximate surface area is 152 Å². The van der Waals surface area contributed by atoms with Crippen LogP contribution in [-0.2, 0) is 10.0 Å². The van der Waals surface area contributed by atoms with Crippen molar-refractivity contribution in [3.05, 3.63) is 60.6 Å². The third kappa shape index (κ3) is 3.97. The fourth-order valence-corrected chi connectivity index (χ4v) is 4.33. The number of hydrogen-bond acceptors (Lipinski definition) is 5. The number of benzene rings is 1. The second-order valence-electron chi connectivity index (χ2n) is 6.03. The summed E-state index contributed by atoms with van der Waals surface area (Å²) in [5, 5.41) is 0. The molecule has 0 atom stereocenters. The van der Waals surface area contributed by atoms with Crippen molar-refractivity contribution in [3.8, 4) is 0 Å². The molecule has 2 heterocycles. The number of hydrogen-bond donors (Lipinski definition) is 2. The first-order chi connectivity index (χ1) is 12.5. The van der Waals surface area contributed by atoms with E-state index in [0.29, 0.717) is 24.5 Å². The number of rotatable bonds is 6. The molecule has 3 rings (SSSR count). The molecule has 26 heavy (non-hydrogen) atoms. The van der Waals surface area contributed by atoms with E-state index in [4.69, 9.17) is 4.42 Å². The van der Waals surface area contributed by atoms with Crippen LogP contribution in [0.4, 0.5) is 0 Å². The van der Waals surface area contributed by atoms with E-state index in [9.17, 15) is 13.2 Å². The van der Waals surface area contributed by atoms with E-state index in [1.54, 1.807) is 24.3 Å². The molecule has 0 radical (unpaired) electrons. The van der Waals surface area contributed by atoms with Crippen LogP contribution in [0.1, 0.15) is 35.4 Å². The summed E-state index contributed by atoms with van der Waals surface area (Å²) in [6.07, 6.45) is 4.26. The van der Waals surface area contributed by atoms with Gasteiger partial charge in [0.15, 0.2) is 5.76 Å². The molecule has 8 heteroatoms. The van der Waals surface area contributed by atoms with Crippen LogP contribution in [-0.4, -0.2) is 31.7 Å². The van der Waals surface area contributed by atoms with E-state index in [0.717, 1.165) is 19.3 Å². The molecule has 1 aromatic heterocycles. The minimum atomic E-state index is -3.58. The highest BCUT2D eigenvalue weighted by molar-refractivity contribution is 7.89. The van der Waals surface area contributed by atoms with Crippen molar-refractivity contribution in [2.24, 2.45) is 0 Å². The largest absolute Gasteiger partial charge is 0.463 e. The number of nitrogens with one attached hydrogen (secondary N) is 2. The van der Waals surface area contributed by atoms with Crippen molar-refractivity contribution in [2.75, 3.05) is 13.1 Å². The van der Waals surface area contributed by atoms with Crippen LogP contribution in [0.5, 0.6) is 0 Å². The van der Waals surface area contributed by atoms with Crippen molar-refractivity contribution < 1.29 is 17.6 Å². The summed E-state index contributed by atoms with van der Waals surface area (Å²) in [5.74, 6) is 0.0279. The van der Waals surface area contributed by atoms with Gasteiger partial charge in [-0.3, -0.25) is 15.6 Å². The molecule has 7 nitrogen and oxygen atoms in total. The Morgan fingerprint density at radius 1 is 1.08 bits per heavy atom. The molecule has 2 N–H and O–H groups in total. The summed E-state index contributed by atoms with van der Waals surface area (Å²) in [6, 6.07) is 9.42. The average molecular weight is 375 g/mol. The van der Waals surface area contributed by atoms with Gasteiger partial charge in [-0.25, -0.2) is 8.42 Å². The van der Waals surface area contributed by atoms with Gasteiger partial charge in [0.05, 0.1) is 16.9 Å². The summed E-state index contributed by atoms with van der Waals surface area (Å²) in [7, 11) is -3.58. The van der Waals surface area contributed by atoms with E-state index < -0.39 is 15.9 Å². The van der Waals surface area contributed by atoms with Gasteiger partial charge in [0.25, 0.3) is 5.91 Å². The summed E-state index contributed by atoms with van der Waals surface area (Å²) in [4.78, 5) is 12.4. The molecule has 1 aliphatic heterocycles. The number of amides is 1. The van der Waals surface area contributed by atoms with E-state index in [2.05, 4.69) is 17.4 Å². The quantitative estimate of drug-likeness (QED) is 0.756. The molecule has 0 saturated carbocycles. The standard InChI is InChI=1S/C18H21N3O4S/c1-14(17-9-6-12-25-17)19-20-18(22)15-7-5-8-16(13-15)26(23,24)21-10-3-2-4-11-21/h5-9,12-13,19H,1-4,10-11H2,(H,20,22). The maximum atomic E-state index is 12.7. The average Bonchev–Trinajstić information content (AvgIpc) is 3.21. The van der Waals surface area contributed by atoms with Crippen LogP contribution in [0.15, 0.2) is 58.6 Å². The minimum Gasteiger partial charge on any atom is -0.463 e. The van der Waals surface area contributed by atoms with Crippen molar-refractivity contribution in [3.63, 3.8) is 0 Å². The van der Waals surface area contributed by atoms with Gasteiger partial charge in [-0.2, -0.15) is 4.31 Å². The highest BCUT2D eigenvalue weighted by Crippen LogP contribution is 2.21. The van der Waals surface area contributed by atoms with Crippen LogP contribution in [0.3, 0.4) is 0 Å². The van der Waals surface area contributed by atoms with Crippen LogP contribution in [0.2, 0.25) is 0 Å². The molecule has 0 aliphatic carbocycles. The van der Waals surface area contributed by atoms with E-state index in [1.807, 2.05) is 0 Å². The number of hydrazine groups is 1. The Morgan fingerprint density at radius 3 is 2.54 bits per heavy atom. The molecular formula is C18H21N3O4S. The van der Waals surface area contributed by atoms with Gasteiger partial charge in [0.2, 0.25) is 10.0 Å². The lowest BCUT2D eigenvalue weighted by molar-refractivity contribution is 0.0942. The molecule has 1 aliphatic rings. The van der Waals surface area contributed by atoms with Crippen LogP contribution < -0.4 is 10.9 Å². The summed E-state index contributed by atoms with van der Waals surface area (Å²) in [6.45, 7) is 4.79. The predicted molar refractivity (Wildman–Crippen MR) is 97.4 cm³/mol. The minimum absolute atomic E-state index is 0.122. The summed E-state index contributed by atoms with van der Waals surface area (Å²) >= 11 is 0. The third-order valence-electron chi connectivity index (χ3n) is 4.19. The smallest absolute Gasteiger partial charge is 0.269 e. The number of furan rings is 1. The summed E-state index contributed by atoms with van der Waals surface area (Å²) < 4.78 is 32.1. The van der Waals surface area contributed by atoms with Gasteiger partial charge in [-0.1, -0.05) is 19.1 Å². The van der Waals surface area contributed by atoms with Gasteiger partial charge in [-0.05, 0) is 43.2 Å². The first-order valence-electron chi connectivity index (χ1n) is 8.38. The van der Waals surface area contributed by atoms with Crippen molar-refractivity contribution in [1.82, 2.24) is 15.2 Å². The number of carbonyl (C=O) groups excluding carboxylic acids is 1. The Hall–Kier alpha value is -2.58. The molecule has 1 fully saturated rings. The topological polar surface area (TPSA) is 91.6 Å². The summed E-state index contributed by atoms with van der Waals surface area (Å²) in [5.41, 5.74) is 5.77. The van der Waals surface area contributed by atoms with E-state index in [1.165, 1.54) is 22.7 Å². The number of carbonyl (C=O) groups is 1. The lowest BCUT2D eigenvalue weighted by Crippen LogP contribution is -2.37. The fraction of sp³-hybridized carbons (Fsp3) is 0.278. The second kappa shape index (κ2) is 7.76. The third-order valence-corrected chi connectivity index (χ3v) is 6.09. The molecule has 0 spiro atoms. The molecule has 0 bridgehead atoms. The predicted octanol–water partition coefficient (Wildman–Crippen LogP) is 2.36. The van der Waals surface area contributed by atoms with Crippen LogP contribution in [0, 0.1) is 0 Å². The Morgan fingerprint density at radius 2 is 1.85 bits per heavy atom. The van der Waals surface area contributed by atoms with Crippen molar-refractivity contribution in [2.45, 2.75) is 24.2 Å². The zero-order valence-corrected chi connectivity index (χ0v) is 15.1. The maximum absolute atomic E-state index is 12.7. The molecular weight excluding hydrogens is 354 g/mol. The Bertz CT molecular complexity index is 885. The maximum Gasteiger partial charge on any atom is 0.269 e.